The lowest BCUT2D eigenvalue weighted by Gasteiger charge is -2.35. The third-order valence-electron chi connectivity index (χ3n) is 4.00. The molecule has 2 aliphatic rings. The quantitative estimate of drug-likeness (QED) is 0.865. The third kappa shape index (κ3) is 3.70. The van der Waals surface area contributed by atoms with E-state index in [2.05, 4.69) is 0 Å². The zero-order valence-electron chi connectivity index (χ0n) is 13.0. The fourth-order valence-electron chi connectivity index (χ4n) is 2.83. The molecule has 1 aromatic rings. The molecule has 1 N–H and O–H groups in total. The number of carboxylic acid groups (broad SMARTS) is 1. The van der Waals surface area contributed by atoms with E-state index >= 15 is 0 Å². The number of amides is 2. The van der Waals surface area contributed by atoms with Gasteiger partial charge in [-0.3, -0.25) is 14.4 Å². The lowest BCUT2D eigenvalue weighted by molar-refractivity contribution is -0.147. The first-order valence-corrected chi connectivity index (χ1v) is 8.66. The number of benzene rings is 1. The molecule has 3 rings (SSSR count). The summed E-state index contributed by atoms with van der Waals surface area (Å²) in [6.07, 6.45) is -0.633. The number of para-hydroxylation sites is 1. The van der Waals surface area contributed by atoms with Crippen molar-refractivity contribution < 1.29 is 24.2 Å². The predicted octanol–water partition coefficient (Wildman–Crippen LogP) is 0.827. The van der Waals surface area contributed by atoms with Crippen molar-refractivity contribution in [2.45, 2.75) is 17.4 Å². The molecule has 1 fully saturated rings. The molecule has 2 heterocycles. The van der Waals surface area contributed by atoms with Crippen molar-refractivity contribution >= 4 is 35.2 Å². The maximum absolute atomic E-state index is 12.6. The Morgan fingerprint density at radius 2 is 2.12 bits per heavy atom. The van der Waals surface area contributed by atoms with Crippen molar-refractivity contribution in [3.8, 4) is 0 Å². The Balaban J connectivity index is 1.68. The number of carbonyl (C=O) groups excluding carboxylic acids is 2. The highest BCUT2D eigenvalue weighted by Gasteiger charge is 2.30. The molecule has 1 atom stereocenters. The van der Waals surface area contributed by atoms with E-state index in [4.69, 9.17) is 9.84 Å². The van der Waals surface area contributed by atoms with Gasteiger partial charge in [-0.05, 0) is 12.1 Å². The van der Waals surface area contributed by atoms with E-state index in [0.717, 1.165) is 10.6 Å². The van der Waals surface area contributed by atoms with Crippen LogP contribution in [0.1, 0.15) is 6.42 Å². The summed E-state index contributed by atoms with van der Waals surface area (Å²) in [7, 11) is 0. The van der Waals surface area contributed by atoms with Gasteiger partial charge in [0.2, 0.25) is 11.8 Å². The second-order valence-corrected chi connectivity index (χ2v) is 6.68. The summed E-state index contributed by atoms with van der Waals surface area (Å²) < 4.78 is 5.38. The van der Waals surface area contributed by atoms with Gasteiger partial charge in [0.1, 0.15) is 6.54 Å². The molecular weight excluding hydrogens is 332 g/mol. The van der Waals surface area contributed by atoms with Gasteiger partial charge in [0.05, 0.1) is 30.6 Å². The number of hydrogen-bond acceptors (Lipinski definition) is 5. The molecule has 8 heteroatoms. The van der Waals surface area contributed by atoms with Crippen molar-refractivity contribution in [2.75, 3.05) is 36.9 Å². The molecule has 0 spiro atoms. The van der Waals surface area contributed by atoms with Crippen LogP contribution >= 0.6 is 11.8 Å². The first-order valence-electron chi connectivity index (χ1n) is 7.68. The summed E-state index contributed by atoms with van der Waals surface area (Å²) >= 11 is 1.47. The summed E-state index contributed by atoms with van der Waals surface area (Å²) in [6.45, 7) is 0.928. The Hall–Kier alpha value is -2.06. The molecule has 0 aliphatic carbocycles. The molecule has 24 heavy (non-hydrogen) atoms. The zero-order chi connectivity index (χ0) is 17.1. The van der Waals surface area contributed by atoms with Crippen molar-refractivity contribution in [3.63, 3.8) is 0 Å². The largest absolute Gasteiger partial charge is 0.481 e. The molecular formula is C16H18N2O5S. The van der Waals surface area contributed by atoms with Crippen molar-refractivity contribution in [1.82, 2.24) is 4.90 Å². The Morgan fingerprint density at radius 3 is 2.92 bits per heavy atom. The van der Waals surface area contributed by atoms with E-state index in [-0.39, 0.29) is 31.3 Å². The predicted molar refractivity (Wildman–Crippen MR) is 88.1 cm³/mol. The number of carbonyl (C=O) groups is 3. The molecule has 0 saturated carbocycles. The highest BCUT2D eigenvalue weighted by molar-refractivity contribution is 8.00. The molecule has 0 bridgehead atoms. The van der Waals surface area contributed by atoms with Gasteiger partial charge in [-0.2, -0.15) is 0 Å². The van der Waals surface area contributed by atoms with Gasteiger partial charge in [-0.1, -0.05) is 12.1 Å². The molecule has 1 saturated heterocycles. The number of ether oxygens (including phenoxy) is 1. The van der Waals surface area contributed by atoms with E-state index in [1.807, 2.05) is 24.3 Å². The number of hydrogen-bond donors (Lipinski definition) is 1. The van der Waals surface area contributed by atoms with Gasteiger partial charge in [-0.15, -0.1) is 11.8 Å². The second kappa shape index (κ2) is 7.23. The average molecular weight is 350 g/mol. The summed E-state index contributed by atoms with van der Waals surface area (Å²) in [5.41, 5.74) is 0.752. The van der Waals surface area contributed by atoms with Crippen molar-refractivity contribution in [2.24, 2.45) is 0 Å². The van der Waals surface area contributed by atoms with E-state index in [1.54, 1.807) is 4.90 Å². The number of rotatable bonds is 4. The highest BCUT2D eigenvalue weighted by Crippen LogP contribution is 2.34. The fourth-order valence-corrected chi connectivity index (χ4v) is 3.76. The molecule has 2 amide bonds. The zero-order valence-corrected chi connectivity index (χ0v) is 13.8. The van der Waals surface area contributed by atoms with Crippen LogP contribution in [0.5, 0.6) is 0 Å². The van der Waals surface area contributed by atoms with Gasteiger partial charge in [0, 0.05) is 18.0 Å². The standard InChI is InChI=1S/C16H18N2O5S/c19-14(17-5-6-23-11(8-17)7-16(21)22)9-18-12-3-1-2-4-13(12)24-10-15(18)20/h1-4,11H,5-10H2,(H,21,22). The summed E-state index contributed by atoms with van der Waals surface area (Å²) in [4.78, 5) is 39.7. The van der Waals surface area contributed by atoms with Crippen LogP contribution in [0, 0.1) is 0 Å². The van der Waals surface area contributed by atoms with E-state index in [9.17, 15) is 14.4 Å². The van der Waals surface area contributed by atoms with Crippen LogP contribution in [0.3, 0.4) is 0 Å². The smallest absolute Gasteiger partial charge is 0.306 e. The molecule has 0 aromatic heterocycles. The summed E-state index contributed by atoms with van der Waals surface area (Å²) in [5.74, 6) is -0.924. The van der Waals surface area contributed by atoms with Crippen LogP contribution in [-0.4, -0.2) is 65.9 Å². The maximum Gasteiger partial charge on any atom is 0.306 e. The normalized spacial score (nSPS) is 20.7. The first kappa shape index (κ1) is 16.8. The number of nitrogens with zero attached hydrogens (tertiary/aromatic N) is 2. The third-order valence-corrected chi connectivity index (χ3v) is 5.04. The van der Waals surface area contributed by atoms with Crippen molar-refractivity contribution in [3.05, 3.63) is 24.3 Å². The molecule has 0 radical (unpaired) electrons. The minimum atomic E-state index is -0.952. The van der Waals surface area contributed by atoms with Crippen LogP contribution in [0.4, 0.5) is 5.69 Å². The number of carboxylic acids is 1. The Morgan fingerprint density at radius 1 is 1.33 bits per heavy atom. The van der Waals surface area contributed by atoms with Crippen LogP contribution in [0.15, 0.2) is 29.2 Å². The Bertz CT molecular complexity index is 666. The monoisotopic (exact) mass is 350 g/mol. The van der Waals surface area contributed by atoms with Gasteiger partial charge in [0.25, 0.3) is 0 Å². The van der Waals surface area contributed by atoms with Gasteiger partial charge in [-0.25, -0.2) is 0 Å². The summed E-state index contributed by atoms with van der Waals surface area (Å²) in [5, 5.41) is 8.86. The van der Waals surface area contributed by atoms with E-state index in [0.29, 0.717) is 18.9 Å². The molecule has 1 aromatic carbocycles. The van der Waals surface area contributed by atoms with Crippen LogP contribution in [0.2, 0.25) is 0 Å². The highest BCUT2D eigenvalue weighted by atomic mass is 32.2. The second-order valence-electron chi connectivity index (χ2n) is 5.67. The minimum absolute atomic E-state index is 0.0315. The lowest BCUT2D eigenvalue weighted by Crippen LogP contribution is -2.51. The first-order chi connectivity index (χ1) is 11.5. The van der Waals surface area contributed by atoms with Crippen LogP contribution in [-0.2, 0) is 19.1 Å². The van der Waals surface area contributed by atoms with Crippen LogP contribution in [0.25, 0.3) is 0 Å². The van der Waals surface area contributed by atoms with Gasteiger partial charge < -0.3 is 19.6 Å². The Kier molecular flexibility index (Phi) is 5.06. The van der Waals surface area contributed by atoms with E-state index < -0.39 is 12.1 Å². The lowest BCUT2D eigenvalue weighted by atomic mass is 10.2. The molecule has 2 aliphatic heterocycles. The van der Waals surface area contributed by atoms with Crippen molar-refractivity contribution in [1.29, 1.82) is 0 Å². The topological polar surface area (TPSA) is 87.2 Å². The van der Waals surface area contributed by atoms with Gasteiger partial charge >= 0.3 is 5.97 Å². The molecule has 7 nitrogen and oxygen atoms in total. The van der Waals surface area contributed by atoms with Crippen LogP contribution < -0.4 is 4.90 Å². The van der Waals surface area contributed by atoms with E-state index in [1.165, 1.54) is 16.7 Å². The van der Waals surface area contributed by atoms with Gasteiger partial charge in [0.15, 0.2) is 0 Å². The summed E-state index contributed by atoms with van der Waals surface area (Å²) in [6, 6.07) is 7.51. The number of anilines is 1. The molecule has 1 unspecified atom stereocenters. The Labute approximate surface area is 143 Å². The average Bonchev–Trinajstić information content (AvgIpc) is 2.57. The number of thioether (sulfide) groups is 1. The number of fused-ring (bicyclic) bond motifs is 1. The number of aliphatic carboxylic acids is 1. The number of morpholine rings is 1. The molecule has 128 valence electrons. The minimum Gasteiger partial charge on any atom is -0.481 e. The maximum atomic E-state index is 12.6. The fraction of sp³-hybridized carbons (Fsp3) is 0.438. The SMILES string of the molecule is O=C(O)CC1CN(C(=O)CN2C(=O)CSc3ccccc32)CCO1.